The van der Waals surface area contributed by atoms with Crippen LogP contribution < -0.4 is 0 Å². The molecule has 1 N–H and O–H groups in total. The number of H-pyrrole nitrogens is 1. The predicted octanol–water partition coefficient (Wildman–Crippen LogP) is 6.07. The fourth-order valence-electron chi connectivity index (χ4n) is 3.51. The lowest BCUT2D eigenvalue weighted by Crippen LogP contribution is -2.30. The third-order valence-corrected chi connectivity index (χ3v) is 5.15. The second kappa shape index (κ2) is 8.04. The molecule has 1 atom stereocenters. The number of nitrogens with one attached hydrogen (secondary N) is 1. The van der Waals surface area contributed by atoms with Crippen LogP contribution in [-0.4, -0.2) is 22.3 Å². The van der Waals surface area contributed by atoms with Gasteiger partial charge >= 0.3 is 0 Å². The Morgan fingerprint density at radius 3 is 2.77 bits per heavy atom. The van der Waals surface area contributed by atoms with Crippen LogP contribution in [0, 0.1) is 5.82 Å². The van der Waals surface area contributed by atoms with E-state index in [2.05, 4.69) is 20.9 Å². The monoisotopic (exact) mass is 416 g/mol. The van der Waals surface area contributed by atoms with E-state index < -0.39 is 0 Å². The van der Waals surface area contributed by atoms with Crippen molar-refractivity contribution in [2.45, 2.75) is 32.7 Å². The van der Waals surface area contributed by atoms with Crippen LogP contribution in [0.1, 0.15) is 48.7 Å². The van der Waals surface area contributed by atoms with Crippen molar-refractivity contribution in [2.75, 3.05) is 6.54 Å². The zero-order valence-corrected chi connectivity index (χ0v) is 16.5. The van der Waals surface area contributed by atoms with Crippen LogP contribution in [0.2, 0.25) is 0 Å². The molecule has 1 fully saturated rings. The highest BCUT2D eigenvalue weighted by molar-refractivity contribution is 9.10. The Balaban J connectivity index is 0.000000948. The Hall–Kier alpha value is -2.14. The lowest BCUT2D eigenvalue weighted by Gasteiger charge is -2.25. The number of benzene rings is 2. The van der Waals surface area contributed by atoms with E-state index >= 15 is 0 Å². The summed E-state index contributed by atoms with van der Waals surface area (Å²) in [6, 6.07) is 12.3. The van der Waals surface area contributed by atoms with Crippen molar-refractivity contribution in [3.8, 4) is 0 Å². The number of amides is 1. The molecule has 26 heavy (non-hydrogen) atoms. The normalized spacial score (nSPS) is 16.5. The number of nitrogens with zero attached hydrogens (tertiary/aromatic N) is 1. The molecule has 2 aromatic carbocycles. The molecule has 1 amide bonds. The highest BCUT2D eigenvalue weighted by Gasteiger charge is 2.33. The number of rotatable bonds is 2. The fourth-order valence-corrected chi connectivity index (χ4v) is 3.87. The van der Waals surface area contributed by atoms with Gasteiger partial charge in [0.25, 0.3) is 5.91 Å². The number of fused-ring (bicyclic) bond motifs is 1. The lowest BCUT2D eigenvalue weighted by atomic mass is 10.0. The zero-order valence-electron chi connectivity index (χ0n) is 14.9. The first-order valence-corrected chi connectivity index (χ1v) is 9.76. The summed E-state index contributed by atoms with van der Waals surface area (Å²) in [6.07, 6.45) is 3.43. The van der Waals surface area contributed by atoms with Crippen molar-refractivity contribution in [2.24, 2.45) is 0 Å². The second-order valence-corrected chi connectivity index (χ2v) is 6.99. The Labute approximate surface area is 161 Å². The average molecular weight is 417 g/mol. The molecule has 0 spiro atoms. The van der Waals surface area contributed by atoms with Crippen molar-refractivity contribution < 1.29 is 9.18 Å². The van der Waals surface area contributed by atoms with Crippen molar-refractivity contribution in [3.63, 3.8) is 0 Å². The van der Waals surface area contributed by atoms with E-state index in [-0.39, 0.29) is 17.8 Å². The summed E-state index contributed by atoms with van der Waals surface area (Å²) >= 11 is 3.44. The number of carbonyl (C=O) groups excluding carboxylic acids is 1. The van der Waals surface area contributed by atoms with Crippen LogP contribution in [0.4, 0.5) is 4.39 Å². The lowest BCUT2D eigenvalue weighted by molar-refractivity contribution is 0.0735. The molecule has 0 bridgehead atoms. The third-order valence-electron chi connectivity index (χ3n) is 4.65. The van der Waals surface area contributed by atoms with E-state index in [1.54, 1.807) is 23.2 Å². The highest BCUT2D eigenvalue weighted by atomic mass is 79.9. The summed E-state index contributed by atoms with van der Waals surface area (Å²) in [5, 5.41) is 0.891. The van der Waals surface area contributed by atoms with Crippen molar-refractivity contribution in [1.29, 1.82) is 0 Å². The molecule has 136 valence electrons. The van der Waals surface area contributed by atoms with E-state index in [1.165, 1.54) is 6.07 Å². The molecule has 1 saturated heterocycles. The van der Waals surface area contributed by atoms with Gasteiger partial charge in [0.15, 0.2) is 0 Å². The molecular formula is C21H22BrFN2O. The first-order valence-electron chi connectivity index (χ1n) is 8.97. The van der Waals surface area contributed by atoms with Gasteiger partial charge in [-0.2, -0.15) is 0 Å². The van der Waals surface area contributed by atoms with Gasteiger partial charge in [0, 0.05) is 33.7 Å². The van der Waals surface area contributed by atoms with Crippen LogP contribution in [0.15, 0.2) is 53.1 Å². The number of hydrogen-bond acceptors (Lipinski definition) is 1. The summed E-state index contributed by atoms with van der Waals surface area (Å²) in [5.74, 6) is -0.292. The third kappa shape index (κ3) is 3.40. The summed E-state index contributed by atoms with van der Waals surface area (Å²) in [6.45, 7) is 4.65. The van der Waals surface area contributed by atoms with E-state index in [4.69, 9.17) is 0 Å². The van der Waals surface area contributed by atoms with Gasteiger partial charge in [-0.25, -0.2) is 4.39 Å². The van der Waals surface area contributed by atoms with Crippen LogP contribution in [0.5, 0.6) is 0 Å². The molecule has 1 unspecified atom stereocenters. The summed E-state index contributed by atoms with van der Waals surface area (Å²) in [5.41, 5.74) is 2.15. The molecular weight excluding hydrogens is 395 g/mol. The fraction of sp³-hybridized carbons (Fsp3) is 0.286. The van der Waals surface area contributed by atoms with E-state index in [0.717, 1.165) is 28.2 Å². The molecule has 1 aromatic heterocycles. The van der Waals surface area contributed by atoms with Crippen LogP contribution in [0.3, 0.4) is 0 Å². The summed E-state index contributed by atoms with van der Waals surface area (Å²) < 4.78 is 15.1. The maximum absolute atomic E-state index is 14.2. The topological polar surface area (TPSA) is 36.1 Å². The number of likely N-dealkylation sites (tertiary alicyclic amines) is 1. The minimum absolute atomic E-state index is 0.0469. The summed E-state index contributed by atoms with van der Waals surface area (Å²) in [7, 11) is 0. The number of aromatic nitrogens is 1. The molecule has 1 aliphatic rings. The van der Waals surface area contributed by atoms with Crippen molar-refractivity contribution in [1.82, 2.24) is 9.88 Å². The van der Waals surface area contributed by atoms with E-state index in [9.17, 15) is 9.18 Å². The van der Waals surface area contributed by atoms with E-state index in [1.807, 2.05) is 38.1 Å². The number of halogens is 2. The number of aromatic amines is 1. The molecule has 0 radical (unpaired) electrons. The maximum atomic E-state index is 14.2. The average Bonchev–Trinajstić information content (AvgIpc) is 3.30. The molecule has 3 aromatic rings. The molecule has 5 heteroatoms. The minimum atomic E-state index is -0.245. The van der Waals surface area contributed by atoms with Gasteiger partial charge in [-0.15, -0.1) is 0 Å². The van der Waals surface area contributed by atoms with Crippen LogP contribution >= 0.6 is 15.9 Å². The van der Waals surface area contributed by atoms with Gasteiger partial charge in [0.2, 0.25) is 0 Å². The molecule has 0 aliphatic carbocycles. The smallest absolute Gasteiger partial charge is 0.256 e. The predicted molar refractivity (Wildman–Crippen MR) is 107 cm³/mol. The number of hydrogen-bond donors (Lipinski definition) is 1. The highest BCUT2D eigenvalue weighted by Crippen LogP contribution is 2.35. The number of carbonyl (C=O) groups is 1. The minimum Gasteiger partial charge on any atom is -0.360 e. The maximum Gasteiger partial charge on any atom is 0.256 e. The van der Waals surface area contributed by atoms with Gasteiger partial charge in [-0.1, -0.05) is 54.0 Å². The zero-order chi connectivity index (χ0) is 18.7. The molecule has 3 nitrogen and oxygen atoms in total. The van der Waals surface area contributed by atoms with Gasteiger partial charge in [0.1, 0.15) is 5.82 Å². The summed E-state index contributed by atoms with van der Waals surface area (Å²) in [4.78, 5) is 18.0. The Bertz CT molecular complexity index is 921. The van der Waals surface area contributed by atoms with Crippen molar-refractivity contribution >= 4 is 32.7 Å². The van der Waals surface area contributed by atoms with Crippen molar-refractivity contribution in [3.05, 3.63) is 70.1 Å². The van der Waals surface area contributed by atoms with E-state index in [0.29, 0.717) is 17.7 Å². The Morgan fingerprint density at radius 1 is 1.23 bits per heavy atom. The molecule has 4 rings (SSSR count). The molecule has 2 heterocycles. The second-order valence-electron chi connectivity index (χ2n) is 6.07. The first-order chi connectivity index (χ1) is 12.6. The first kappa shape index (κ1) is 18.6. The Kier molecular flexibility index (Phi) is 5.77. The SMILES string of the molecule is CC.O=C(c1c[nH]c2cc(Br)ccc12)N1CCCC1c1ccccc1F. The van der Waals surface area contributed by atoms with Crippen LogP contribution in [-0.2, 0) is 0 Å². The van der Waals surface area contributed by atoms with Gasteiger partial charge < -0.3 is 9.88 Å². The van der Waals surface area contributed by atoms with Crippen LogP contribution in [0.25, 0.3) is 10.9 Å². The largest absolute Gasteiger partial charge is 0.360 e. The van der Waals surface area contributed by atoms with Gasteiger partial charge in [-0.3, -0.25) is 4.79 Å². The van der Waals surface area contributed by atoms with Gasteiger partial charge in [-0.05, 0) is 31.0 Å². The molecule has 0 saturated carbocycles. The molecule has 1 aliphatic heterocycles. The quantitative estimate of drug-likeness (QED) is 0.540. The van der Waals surface area contributed by atoms with Gasteiger partial charge in [0.05, 0.1) is 11.6 Å². The standard InChI is InChI=1S/C19H16BrFN2O.C2H6/c20-12-7-8-13-15(11-22-17(13)10-12)19(24)23-9-3-6-18(23)14-4-1-2-5-16(14)21;1-2/h1-2,4-5,7-8,10-11,18,22H,3,6,9H2;1-2H3. The Morgan fingerprint density at radius 2 is 2.00 bits per heavy atom.